The Bertz CT molecular complexity index is 730. The van der Waals surface area contributed by atoms with Crippen LogP contribution >= 0.6 is 23.4 Å². The van der Waals surface area contributed by atoms with Crippen molar-refractivity contribution in [1.82, 2.24) is 4.98 Å². The van der Waals surface area contributed by atoms with Crippen molar-refractivity contribution >= 4 is 23.4 Å². The third-order valence-corrected chi connectivity index (χ3v) is 7.97. The first-order chi connectivity index (χ1) is 11.7. The van der Waals surface area contributed by atoms with Gasteiger partial charge in [-0.1, -0.05) is 12.8 Å². The highest BCUT2D eigenvalue weighted by atomic mass is 35.5. The van der Waals surface area contributed by atoms with Crippen LogP contribution in [0.3, 0.4) is 0 Å². The maximum Gasteiger partial charge on any atom is 0.266 e. The molecular formula is C19H23ClN2OS. The van der Waals surface area contributed by atoms with Gasteiger partial charge in [-0.3, -0.25) is 4.79 Å². The maximum absolute atomic E-state index is 12.6. The highest BCUT2D eigenvalue weighted by molar-refractivity contribution is 7.99. The molecule has 5 heteroatoms. The van der Waals surface area contributed by atoms with Gasteiger partial charge < -0.3 is 4.98 Å². The van der Waals surface area contributed by atoms with Crippen molar-refractivity contribution in [3.8, 4) is 6.07 Å². The van der Waals surface area contributed by atoms with Gasteiger partial charge in [-0.25, -0.2) is 0 Å². The molecule has 1 aromatic heterocycles. The highest BCUT2D eigenvalue weighted by Gasteiger charge is 2.37. The highest BCUT2D eigenvalue weighted by Crippen LogP contribution is 2.48. The minimum absolute atomic E-state index is 0.171. The second-order valence-electron chi connectivity index (χ2n) is 7.44. The zero-order valence-electron chi connectivity index (χ0n) is 13.8. The first kappa shape index (κ1) is 16.5. The third kappa shape index (κ3) is 2.80. The summed E-state index contributed by atoms with van der Waals surface area (Å²) in [6, 6.07) is 2.21. The normalized spacial score (nSPS) is 32.5. The van der Waals surface area contributed by atoms with E-state index in [0.29, 0.717) is 22.6 Å². The Hall–Kier alpha value is -0.920. The average Bonchev–Trinajstić information content (AvgIpc) is 2.61. The van der Waals surface area contributed by atoms with E-state index in [2.05, 4.69) is 11.1 Å². The van der Waals surface area contributed by atoms with Gasteiger partial charge in [-0.2, -0.15) is 17.0 Å². The second kappa shape index (κ2) is 6.77. The van der Waals surface area contributed by atoms with E-state index < -0.39 is 0 Å². The number of rotatable bonds is 1. The number of hydrogen-bond donors (Lipinski definition) is 1. The van der Waals surface area contributed by atoms with Crippen LogP contribution in [-0.2, 0) is 5.75 Å². The first-order valence-electron chi connectivity index (χ1n) is 9.13. The number of aromatic nitrogens is 1. The van der Waals surface area contributed by atoms with Crippen LogP contribution in [0.4, 0.5) is 0 Å². The smallest absolute Gasteiger partial charge is 0.266 e. The summed E-state index contributed by atoms with van der Waals surface area (Å²) in [7, 11) is 0. The molecule has 0 spiro atoms. The average molecular weight is 363 g/mol. The lowest BCUT2D eigenvalue weighted by atomic mass is 9.77. The van der Waals surface area contributed by atoms with Gasteiger partial charge in [0.05, 0.1) is 0 Å². The molecule has 2 fully saturated rings. The van der Waals surface area contributed by atoms with E-state index in [1.807, 2.05) is 11.8 Å². The lowest BCUT2D eigenvalue weighted by molar-refractivity contribution is 0.431. The molecule has 0 aromatic carbocycles. The lowest BCUT2D eigenvalue weighted by Gasteiger charge is -2.38. The van der Waals surface area contributed by atoms with Gasteiger partial charge in [-0.05, 0) is 55.6 Å². The molecule has 0 bridgehead atoms. The van der Waals surface area contributed by atoms with Crippen LogP contribution in [0.1, 0.15) is 85.6 Å². The summed E-state index contributed by atoms with van der Waals surface area (Å²) in [4.78, 5) is 15.7. The molecule has 24 heavy (non-hydrogen) atoms. The van der Waals surface area contributed by atoms with Crippen molar-refractivity contribution in [3.05, 3.63) is 32.7 Å². The number of fused-ring (bicyclic) bond motifs is 3. The first-order valence-corrected chi connectivity index (χ1v) is 10.6. The van der Waals surface area contributed by atoms with Gasteiger partial charge >= 0.3 is 0 Å². The van der Waals surface area contributed by atoms with E-state index in [4.69, 9.17) is 11.6 Å². The van der Waals surface area contributed by atoms with Gasteiger partial charge in [0.25, 0.3) is 5.56 Å². The molecule has 2 unspecified atom stereocenters. The molecule has 2 saturated carbocycles. The van der Waals surface area contributed by atoms with Crippen LogP contribution < -0.4 is 5.56 Å². The molecule has 1 aromatic rings. The van der Waals surface area contributed by atoms with E-state index in [-0.39, 0.29) is 10.9 Å². The molecule has 1 N–H and O–H groups in total. The van der Waals surface area contributed by atoms with Gasteiger partial charge in [0, 0.05) is 28.0 Å². The SMILES string of the molecule is N#Cc1c(C2CCC(Cl)CC2)c2c([nH]c1=O)C1CCCCC1SC2. The molecule has 0 radical (unpaired) electrons. The van der Waals surface area contributed by atoms with Crippen molar-refractivity contribution in [2.24, 2.45) is 0 Å². The predicted octanol–water partition coefficient (Wildman–Crippen LogP) is 4.78. The van der Waals surface area contributed by atoms with Gasteiger partial charge in [0.2, 0.25) is 0 Å². The Kier molecular flexibility index (Phi) is 4.66. The van der Waals surface area contributed by atoms with E-state index in [1.165, 1.54) is 31.2 Å². The molecule has 2 aliphatic carbocycles. The zero-order valence-corrected chi connectivity index (χ0v) is 15.4. The Balaban J connectivity index is 1.82. The van der Waals surface area contributed by atoms with Gasteiger partial charge in [0.1, 0.15) is 11.6 Å². The molecule has 0 amide bonds. The Labute approximate surface area is 152 Å². The number of alkyl halides is 1. The Morgan fingerprint density at radius 1 is 1.12 bits per heavy atom. The summed E-state index contributed by atoms with van der Waals surface area (Å²) >= 11 is 8.31. The van der Waals surface area contributed by atoms with Crippen LogP contribution in [0.5, 0.6) is 0 Å². The van der Waals surface area contributed by atoms with Crippen molar-refractivity contribution in [2.45, 2.75) is 79.6 Å². The number of aromatic amines is 1. The van der Waals surface area contributed by atoms with Crippen molar-refractivity contribution in [3.63, 3.8) is 0 Å². The second-order valence-corrected chi connectivity index (χ2v) is 9.28. The van der Waals surface area contributed by atoms with Crippen LogP contribution in [0.15, 0.2) is 4.79 Å². The lowest BCUT2D eigenvalue weighted by Crippen LogP contribution is -2.32. The fraction of sp³-hybridized carbons (Fsp3) is 0.684. The molecule has 2 atom stereocenters. The van der Waals surface area contributed by atoms with E-state index in [9.17, 15) is 10.1 Å². The molecule has 1 aliphatic heterocycles. The minimum Gasteiger partial charge on any atom is -0.324 e. The maximum atomic E-state index is 12.6. The monoisotopic (exact) mass is 362 g/mol. The summed E-state index contributed by atoms with van der Waals surface area (Å²) in [6.07, 6.45) is 8.93. The van der Waals surface area contributed by atoms with Crippen LogP contribution in [-0.4, -0.2) is 15.6 Å². The number of H-pyrrole nitrogens is 1. The fourth-order valence-corrected chi connectivity index (χ4v) is 6.65. The standard InChI is InChI=1S/C19H23ClN2OS/c20-12-7-5-11(6-8-12)17-14(9-21)19(23)22-18-13-3-1-2-4-16(13)24-10-15(17)18/h11-13,16H,1-8,10H2,(H,22,23). The fourth-order valence-electron chi connectivity index (χ4n) is 4.87. The number of halogens is 1. The largest absolute Gasteiger partial charge is 0.324 e. The van der Waals surface area contributed by atoms with Gasteiger partial charge in [0.15, 0.2) is 0 Å². The van der Waals surface area contributed by atoms with E-state index >= 15 is 0 Å². The molecular weight excluding hydrogens is 340 g/mol. The third-order valence-electron chi connectivity index (χ3n) is 6.09. The molecule has 4 rings (SSSR count). The Morgan fingerprint density at radius 2 is 1.88 bits per heavy atom. The van der Waals surface area contributed by atoms with Crippen LogP contribution in [0, 0.1) is 11.3 Å². The van der Waals surface area contributed by atoms with E-state index in [1.54, 1.807) is 0 Å². The summed E-state index contributed by atoms with van der Waals surface area (Å²) in [5.74, 6) is 1.74. The van der Waals surface area contributed by atoms with Crippen LogP contribution in [0.2, 0.25) is 0 Å². The quantitative estimate of drug-likeness (QED) is 0.731. The van der Waals surface area contributed by atoms with Crippen molar-refractivity contribution < 1.29 is 0 Å². The van der Waals surface area contributed by atoms with Crippen molar-refractivity contribution in [1.29, 1.82) is 5.26 Å². The van der Waals surface area contributed by atoms with Crippen LogP contribution in [0.25, 0.3) is 0 Å². The number of nitrogens with zero attached hydrogens (tertiary/aromatic N) is 1. The van der Waals surface area contributed by atoms with Crippen molar-refractivity contribution in [2.75, 3.05) is 0 Å². The number of hydrogen-bond acceptors (Lipinski definition) is 3. The zero-order chi connectivity index (χ0) is 16.7. The molecule has 128 valence electrons. The Morgan fingerprint density at radius 3 is 2.62 bits per heavy atom. The van der Waals surface area contributed by atoms with E-state index in [0.717, 1.165) is 42.7 Å². The number of nitrogens with one attached hydrogen (secondary N) is 1. The molecule has 3 aliphatic rings. The molecule has 3 nitrogen and oxygen atoms in total. The minimum atomic E-state index is -0.171. The summed E-state index contributed by atoms with van der Waals surface area (Å²) < 4.78 is 0. The number of nitriles is 1. The molecule has 0 saturated heterocycles. The predicted molar refractivity (Wildman–Crippen MR) is 98.9 cm³/mol. The molecule has 2 heterocycles. The number of thioether (sulfide) groups is 1. The topological polar surface area (TPSA) is 56.6 Å². The van der Waals surface area contributed by atoms with Gasteiger partial charge in [-0.15, -0.1) is 11.6 Å². The summed E-state index contributed by atoms with van der Waals surface area (Å²) in [6.45, 7) is 0. The summed E-state index contributed by atoms with van der Waals surface area (Å²) in [5.41, 5.74) is 3.69. The summed E-state index contributed by atoms with van der Waals surface area (Å²) in [5, 5.41) is 10.5. The number of pyridine rings is 1.